The maximum Gasteiger partial charge on any atom is 0.164 e. The summed E-state index contributed by atoms with van der Waals surface area (Å²) in [5.41, 5.74) is 6.82. The van der Waals surface area contributed by atoms with Crippen LogP contribution in [0, 0.1) is 0 Å². The van der Waals surface area contributed by atoms with Crippen LogP contribution in [0.25, 0.3) is 99.5 Å². The normalized spacial score (nSPS) is 11.7. The lowest BCUT2D eigenvalue weighted by Crippen LogP contribution is -2.00. The van der Waals surface area contributed by atoms with Gasteiger partial charge in [-0.05, 0) is 67.7 Å². The Morgan fingerprint density at radius 3 is 1.82 bits per heavy atom. The van der Waals surface area contributed by atoms with E-state index in [1.165, 1.54) is 21.9 Å². The zero-order chi connectivity index (χ0) is 32.3. The Balaban J connectivity index is 1.19. The van der Waals surface area contributed by atoms with Gasteiger partial charge in [0.05, 0.1) is 0 Å². The molecular weight excluding hydrogens is 599 g/mol. The number of furan rings is 1. The SMILES string of the molecule is c1ccc(-c2nc(-c3ccc4ccc(-c5cccc6ccccc56)cc4c3)nc(-c3cc4oc5ccccc5c4c4ccccc34)n2)cc1. The molecule has 49 heavy (non-hydrogen) atoms. The second-order valence-electron chi connectivity index (χ2n) is 12.4. The first kappa shape index (κ1) is 27.5. The predicted octanol–water partition coefficient (Wildman–Crippen LogP) is 11.9. The number of rotatable bonds is 4. The van der Waals surface area contributed by atoms with E-state index in [0.717, 1.165) is 60.2 Å². The van der Waals surface area contributed by atoms with Gasteiger partial charge in [0, 0.05) is 27.5 Å². The van der Waals surface area contributed by atoms with E-state index in [0.29, 0.717) is 17.5 Å². The minimum Gasteiger partial charge on any atom is -0.456 e. The molecule has 0 bridgehead atoms. The molecule has 0 radical (unpaired) electrons. The summed E-state index contributed by atoms with van der Waals surface area (Å²) in [6.07, 6.45) is 0. The van der Waals surface area contributed by atoms with Gasteiger partial charge in [0.2, 0.25) is 0 Å². The highest BCUT2D eigenvalue weighted by atomic mass is 16.3. The van der Waals surface area contributed by atoms with Crippen molar-refractivity contribution >= 4 is 54.3 Å². The van der Waals surface area contributed by atoms with Crippen molar-refractivity contribution in [2.75, 3.05) is 0 Å². The van der Waals surface area contributed by atoms with Gasteiger partial charge in [0.15, 0.2) is 17.5 Å². The molecule has 0 N–H and O–H groups in total. The summed E-state index contributed by atoms with van der Waals surface area (Å²) < 4.78 is 6.40. The monoisotopic (exact) mass is 625 g/mol. The lowest BCUT2D eigenvalue weighted by Gasteiger charge is -2.12. The predicted molar refractivity (Wildman–Crippen MR) is 201 cm³/mol. The Kier molecular flexibility index (Phi) is 6.15. The minimum atomic E-state index is 0.604. The van der Waals surface area contributed by atoms with E-state index >= 15 is 0 Å². The molecule has 4 heteroatoms. The van der Waals surface area contributed by atoms with Crippen molar-refractivity contribution in [2.45, 2.75) is 0 Å². The lowest BCUT2D eigenvalue weighted by molar-refractivity contribution is 0.669. The highest BCUT2D eigenvalue weighted by Gasteiger charge is 2.19. The summed E-state index contributed by atoms with van der Waals surface area (Å²) in [7, 11) is 0. The number of aromatic nitrogens is 3. The maximum atomic E-state index is 6.40. The van der Waals surface area contributed by atoms with Crippen LogP contribution in [0.4, 0.5) is 0 Å². The van der Waals surface area contributed by atoms with Crippen molar-refractivity contribution in [2.24, 2.45) is 0 Å². The molecule has 8 aromatic carbocycles. The smallest absolute Gasteiger partial charge is 0.164 e. The number of hydrogen-bond acceptors (Lipinski definition) is 4. The molecule has 10 rings (SSSR count). The fourth-order valence-corrected chi connectivity index (χ4v) is 7.15. The van der Waals surface area contributed by atoms with Crippen molar-refractivity contribution in [3.63, 3.8) is 0 Å². The van der Waals surface area contributed by atoms with Crippen LogP contribution in [0.15, 0.2) is 168 Å². The van der Waals surface area contributed by atoms with E-state index in [-0.39, 0.29) is 0 Å². The molecule has 0 amide bonds. The Labute approximate surface area is 282 Å². The van der Waals surface area contributed by atoms with Crippen LogP contribution in [0.5, 0.6) is 0 Å². The number of nitrogens with zero attached hydrogens (tertiary/aromatic N) is 3. The molecular formula is C45H27N3O. The van der Waals surface area contributed by atoms with Crippen molar-refractivity contribution in [1.29, 1.82) is 0 Å². The molecule has 228 valence electrons. The Morgan fingerprint density at radius 2 is 0.959 bits per heavy atom. The Hall–Kier alpha value is -6.65. The Morgan fingerprint density at radius 1 is 0.327 bits per heavy atom. The van der Waals surface area contributed by atoms with Gasteiger partial charge in [0.25, 0.3) is 0 Å². The zero-order valence-electron chi connectivity index (χ0n) is 26.3. The summed E-state index contributed by atoms with van der Waals surface area (Å²) >= 11 is 0. The van der Waals surface area contributed by atoms with Gasteiger partial charge in [0.1, 0.15) is 11.2 Å². The van der Waals surface area contributed by atoms with Crippen LogP contribution in [0.2, 0.25) is 0 Å². The van der Waals surface area contributed by atoms with E-state index in [4.69, 9.17) is 19.4 Å². The van der Waals surface area contributed by atoms with E-state index < -0.39 is 0 Å². The molecule has 4 nitrogen and oxygen atoms in total. The fourth-order valence-electron chi connectivity index (χ4n) is 7.15. The summed E-state index contributed by atoms with van der Waals surface area (Å²) in [6.45, 7) is 0. The fraction of sp³-hybridized carbons (Fsp3) is 0. The summed E-state index contributed by atoms with van der Waals surface area (Å²) in [4.78, 5) is 15.3. The molecule has 0 fully saturated rings. The van der Waals surface area contributed by atoms with Crippen LogP contribution in [0.3, 0.4) is 0 Å². The van der Waals surface area contributed by atoms with Gasteiger partial charge in [-0.1, -0.05) is 140 Å². The first-order valence-electron chi connectivity index (χ1n) is 16.4. The molecule has 0 saturated heterocycles. The van der Waals surface area contributed by atoms with Crippen molar-refractivity contribution in [3.05, 3.63) is 164 Å². The number of benzene rings is 8. The lowest BCUT2D eigenvalue weighted by atomic mass is 9.95. The summed E-state index contributed by atoms with van der Waals surface area (Å²) in [5.74, 6) is 1.85. The topological polar surface area (TPSA) is 51.8 Å². The highest BCUT2D eigenvalue weighted by Crippen LogP contribution is 2.40. The van der Waals surface area contributed by atoms with E-state index in [9.17, 15) is 0 Å². The molecule has 0 saturated carbocycles. The molecule has 0 aliphatic rings. The molecule has 0 unspecified atom stereocenters. The number of fused-ring (bicyclic) bond motifs is 7. The Bertz CT molecular complexity index is 2890. The number of para-hydroxylation sites is 1. The molecule has 0 spiro atoms. The third kappa shape index (κ3) is 4.57. The summed E-state index contributed by atoms with van der Waals surface area (Å²) in [5, 5.41) is 9.12. The van der Waals surface area contributed by atoms with E-state index in [1.807, 2.05) is 42.5 Å². The van der Waals surface area contributed by atoms with Crippen LogP contribution in [-0.2, 0) is 0 Å². The first-order valence-corrected chi connectivity index (χ1v) is 16.4. The largest absolute Gasteiger partial charge is 0.456 e. The zero-order valence-corrected chi connectivity index (χ0v) is 26.3. The van der Waals surface area contributed by atoms with E-state index in [1.54, 1.807) is 0 Å². The van der Waals surface area contributed by atoms with Gasteiger partial charge in [-0.3, -0.25) is 0 Å². The average Bonchev–Trinajstić information content (AvgIpc) is 3.56. The summed E-state index contributed by atoms with van der Waals surface area (Å²) in [6, 6.07) is 57.0. The molecule has 2 aromatic heterocycles. The number of hydrogen-bond donors (Lipinski definition) is 0. The maximum absolute atomic E-state index is 6.40. The van der Waals surface area contributed by atoms with Gasteiger partial charge in [-0.15, -0.1) is 0 Å². The second kappa shape index (κ2) is 11.0. The minimum absolute atomic E-state index is 0.604. The molecule has 0 aliphatic carbocycles. The van der Waals surface area contributed by atoms with Crippen LogP contribution in [0.1, 0.15) is 0 Å². The standard InChI is InChI=1S/C45H27N3O/c1-2-12-30(13-3-1)43-46-44(32-24-22-28-21-23-31(25-33(28)26-32)35-19-10-14-29-11-4-5-15-34(29)35)48-45(47-43)39-27-41-42(37-17-7-6-16-36(37)39)38-18-8-9-20-40(38)49-41/h1-27H. The van der Waals surface area contributed by atoms with Gasteiger partial charge >= 0.3 is 0 Å². The van der Waals surface area contributed by atoms with Crippen LogP contribution >= 0.6 is 0 Å². The van der Waals surface area contributed by atoms with Crippen LogP contribution < -0.4 is 0 Å². The van der Waals surface area contributed by atoms with Crippen molar-refractivity contribution < 1.29 is 4.42 Å². The molecule has 10 aromatic rings. The second-order valence-corrected chi connectivity index (χ2v) is 12.4. The van der Waals surface area contributed by atoms with Gasteiger partial charge in [-0.2, -0.15) is 0 Å². The van der Waals surface area contributed by atoms with Crippen molar-refractivity contribution in [1.82, 2.24) is 15.0 Å². The van der Waals surface area contributed by atoms with E-state index in [2.05, 4.69) is 121 Å². The highest BCUT2D eigenvalue weighted by molar-refractivity contribution is 6.21. The van der Waals surface area contributed by atoms with Gasteiger partial charge in [-0.25, -0.2) is 15.0 Å². The quantitative estimate of drug-likeness (QED) is 0.195. The first-order chi connectivity index (χ1) is 24.3. The average molecular weight is 626 g/mol. The molecule has 0 aliphatic heterocycles. The van der Waals surface area contributed by atoms with Gasteiger partial charge < -0.3 is 4.42 Å². The third-order valence-corrected chi connectivity index (χ3v) is 9.49. The molecule has 0 atom stereocenters. The van der Waals surface area contributed by atoms with Crippen LogP contribution in [-0.4, -0.2) is 15.0 Å². The van der Waals surface area contributed by atoms with Crippen molar-refractivity contribution in [3.8, 4) is 45.3 Å². The molecule has 2 heterocycles. The third-order valence-electron chi connectivity index (χ3n) is 9.49.